The number of hydrogen-bond donors (Lipinski definition) is 0. The first-order valence-electron chi connectivity index (χ1n) is 10.2. The van der Waals surface area contributed by atoms with Gasteiger partial charge in [0.05, 0.1) is 22.6 Å². The Hall–Kier alpha value is -2.75. The van der Waals surface area contributed by atoms with E-state index in [9.17, 15) is 27.6 Å². The zero-order chi connectivity index (χ0) is 22.9. The van der Waals surface area contributed by atoms with Gasteiger partial charge in [-0.2, -0.15) is 0 Å². The Bertz CT molecular complexity index is 983. The molecule has 0 radical (unpaired) electrons. The number of carbonyl (C=O) groups excluding carboxylic acids is 4. The van der Waals surface area contributed by atoms with Crippen molar-refractivity contribution in [2.24, 2.45) is 5.92 Å². The van der Waals surface area contributed by atoms with Crippen LogP contribution in [0.5, 0.6) is 0 Å². The fraction of sp³-hybridized carbons (Fsp3) is 0.524. The van der Waals surface area contributed by atoms with Gasteiger partial charge in [-0.15, -0.1) is 0 Å². The minimum atomic E-state index is -3.17. The van der Waals surface area contributed by atoms with Gasteiger partial charge in [0, 0.05) is 12.6 Å². The Morgan fingerprint density at radius 1 is 1.16 bits per heavy atom. The van der Waals surface area contributed by atoms with Crippen LogP contribution in [0.25, 0.3) is 0 Å². The van der Waals surface area contributed by atoms with Crippen LogP contribution in [0.4, 0.5) is 0 Å². The normalized spacial score (nSPS) is 20.6. The predicted molar refractivity (Wildman–Crippen MR) is 111 cm³/mol. The van der Waals surface area contributed by atoms with Crippen LogP contribution < -0.4 is 0 Å². The molecule has 1 saturated heterocycles. The van der Waals surface area contributed by atoms with Crippen molar-refractivity contribution in [2.45, 2.75) is 39.3 Å². The third-order valence-corrected chi connectivity index (χ3v) is 7.38. The minimum absolute atomic E-state index is 0.0242. The van der Waals surface area contributed by atoms with E-state index in [1.165, 1.54) is 17.0 Å². The molecule has 3 amide bonds. The number of imide groups is 1. The highest BCUT2D eigenvalue weighted by molar-refractivity contribution is 7.91. The zero-order valence-electron chi connectivity index (χ0n) is 17.7. The van der Waals surface area contributed by atoms with Gasteiger partial charge in [-0.25, -0.2) is 13.2 Å². The lowest BCUT2D eigenvalue weighted by Crippen LogP contribution is -2.50. The molecule has 0 N–H and O–H groups in total. The molecule has 1 aromatic rings. The standard InChI is InChI=1S/C21H26N2O7S/c1-4-22(14-9-10-31(28,29)12-14)17(24)11-30-21(27)18(13(2)3)23-19(25)15-7-5-6-8-16(15)20(23)26/h5-8,13-14,18H,4,9-12H2,1-3H3/t14?,18-/m0/s1. The average molecular weight is 451 g/mol. The van der Waals surface area contributed by atoms with Crippen LogP contribution in [0.2, 0.25) is 0 Å². The first-order chi connectivity index (χ1) is 14.6. The number of likely N-dealkylation sites (N-methyl/N-ethyl adjacent to an activating group) is 1. The highest BCUT2D eigenvalue weighted by Crippen LogP contribution is 2.27. The van der Waals surface area contributed by atoms with E-state index in [2.05, 4.69) is 0 Å². The molecule has 0 spiro atoms. The van der Waals surface area contributed by atoms with E-state index in [4.69, 9.17) is 4.74 Å². The van der Waals surface area contributed by atoms with Crippen LogP contribution in [0.1, 0.15) is 47.9 Å². The number of rotatable bonds is 7. The lowest BCUT2D eigenvalue weighted by atomic mass is 10.0. The largest absolute Gasteiger partial charge is 0.454 e. The summed E-state index contributed by atoms with van der Waals surface area (Å²) in [6.07, 6.45) is 0.347. The van der Waals surface area contributed by atoms with Gasteiger partial charge in [0.15, 0.2) is 16.4 Å². The SMILES string of the molecule is CCN(C(=O)COC(=O)[C@H](C(C)C)N1C(=O)c2ccccc2C1=O)C1CCS(=O)(=O)C1. The summed E-state index contributed by atoms with van der Waals surface area (Å²) < 4.78 is 28.7. The molecular formula is C21H26N2O7S. The van der Waals surface area contributed by atoms with E-state index in [0.717, 1.165) is 4.90 Å². The number of ether oxygens (including phenoxy) is 1. The van der Waals surface area contributed by atoms with Crippen LogP contribution in [0.3, 0.4) is 0 Å². The van der Waals surface area contributed by atoms with Gasteiger partial charge in [0.25, 0.3) is 17.7 Å². The summed E-state index contributed by atoms with van der Waals surface area (Å²) in [5, 5.41) is 0. The van der Waals surface area contributed by atoms with Gasteiger partial charge in [-0.3, -0.25) is 19.3 Å². The molecular weight excluding hydrogens is 424 g/mol. The molecule has 2 heterocycles. The molecule has 0 saturated carbocycles. The van der Waals surface area contributed by atoms with Crippen LogP contribution in [0.15, 0.2) is 24.3 Å². The van der Waals surface area contributed by atoms with Gasteiger partial charge >= 0.3 is 5.97 Å². The number of esters is 1. The van der Waals surface area contributed by atoms with Crippen molar-refractivity contribution in [2.75, 3.05) is 24.7 Å². The van der Waals surface area contributed by atoms with Crippen molar-refractivity contribution in [1.29, 1.82) is 0 Å². The fourth-order valence-electron chi connectivity index (χ4n) is 4.10. The number of benzene rings is 1. The van der Waals surface area contributed by atoms with Crippen LogP contribution >= 0.6 is 0 Å². The van der Waals surface area contributed by atoms with E-state index < -0.39 is 58.1 Å². The fourth-order valence-corrected chi connectivity index (χ4v) is 5.83. The molecule has 31 heavy (non-hydrogen) atoms. The quantitative estimate of drug-likeness (QED) is 0.447. The average Bonchev–Trinajstić information content (AvgIpc) is 3.19. The summed E-state index contributed by atoms with van der Waals surface area (Å²) in [5.74, 6) is -3.04. The number of amides is 3. The molecule has 2 atom stereocenters. The highest BCUT2D eigenvalue weighted by atomic mass is 32.2. The molecule has 1 aromatic carbocycles. The topological polar surface area (TPSA) is 118 Å². The van der Waals surface area contributed by atoms with E-state index in [1.807, 2.05) is 0 Å². The smallest absolute Gasteiger partial charge is 0.330 e. The molecule has 9 nitrogen and oxygen atoms in total. The molecule has 10 heteroatoms. The zero-order valence-corrected chi connectivity index (χ0v) is 18.6. The summed E-state index contributed by atoms with van der Waals surface area (Å²) in [5.41, 5.74) is 0.447. The summed E-state index contributed by atoms with van der Waals surface area (Å²) in [7, 11) is -3.17. The van der Waals surface area contributed by atoms with E-state index in [1.54, 1.807) is 32.9 Å². The second-order valence-electron chi connectivity index (χ2n) is 8.06. The van der Waals surface area contributed by atoms with Crippen molar-refractivity contribution in [3.8, 4) is 0 Å². The summed E-state index contributed by atoms with van der Waals surface area (Å²) in [6.45, 7) is 4.77. The van der Waals surface area contributed by atoms with E-state index in [-0.39, 0.29) is 29.2 Å². The van der Waals surface area contributed by atoms with Crippen LogP contribution in [-0.2, 0) is 24.2 Å². The number of sulfone groups is 1. The minimum Gasteiger partial charge on any atom is -0.454 e. The Balaban J connectivity index is 1.70. The maximum absolute atomic E-state index is 12.8. The molecule has 0 aliphatic carbocycles. The van der Waals surface area contributed by atoms with Crippen molar-refractivity contribution < 1.29 is 32.3 Å². The van der Waals surface area contributed by atoms with Crippen molar-refractivity contribution in [3.63, 3.8) is 0 Å². The lowest BCUT2D eigenvalue weighted by molar-refractivity contribution is -0.157. The Labute approximate surface area is 181 Å². The molecule has 1 unspecified atom stereocenters. The Morgan fingerprint density at radius 2 is 1.74 bits per heavy atom. The number of hydrogen-bond acceptors (Lipinski definition) is 7. The summed E-state index contributed by atoms with van der Waals surface area (Å²) in [4.78, 5) is 53.2. The van der Waals surface area contributed by atoms with Crippen molar-refractivity contribution in [1.82, 2.24) is 9.80 Å². The van der Waals surface area contributed by atoms with E-state index >= 15 is 0 Å². The van der Waals surface area contributed by atoms with Crippen LogP contribution in [0, 0.1) is 5.92 Å². The number of nitrogens with zero attached hydrogens (tertiary/aromatic N) is 2. The second kappa shape index (κ2) is 8.78. The molecule has 2 aliphatic rings. The summed E-state index contributed by atoms with van der Waals surface area (Å²) >= 11 is 0. The highest BCUT2D eigenvalue weighted by Gasteiger charge is 2.45. The molecule has 0 bridgehead atoms. The number of fused-ring (bicyclic) bond motifs is 1. The van der Waals surface area contributed by atoms with Gasteiger partial charge in [0.2, 0.25) is 0 Å². The monoisotopic (exact) mass is 450 g/mol. The maximum atomic E-state index is 12.8. The molecule has 2 aliphatic heterocycles. The van der Waals surface area contributed by atoms with Gasteiger partial charge in [-0.05, 0) is 31.4 Å². The van der Waals surface area contributed by atoms with Crippen LogP contribution in [-0.4, -0.2) is 78.6 Å². The van der Waals surface area contributed by atoms with Gasteiger partial charge in [0.1, 0.15) is 6.04 Å². The molecule has 0 aromatic heterocycles. The second-order valence-corrected chi connectivity index (χ2v) is 10.3. The molecule has 3 rings (SSSR count). The molecule has 168 valence electrons. The predicted octanol–water partition coefficient (Wildman–Crippen LogP) is 0.886. The summed E-state index contributed by atoms with van der Waals surface area (Å²) in [6, 6.07) is 4.70. The van der Waals surface area contributed by atoms with E-state index in [0.29, 0.717) is 6.42 Å². The Kier molecular flexibility index (Phi) is 6.49. The van der Waals surface area contributed by atoms with Gasteiger partial charge < -0.3 is 9.64 Å². The molecule has 1 fully saturated rings. The number of carbonyl (C=O) groups is 4. The lowest BCUT2D eigenvalue weighted by Gasteiger charge is -2.29. The Morgan fingerprint density at radius 3 is 2.19 bits per heavy atom. The maximum Gasteiger partial charge on any atom is 0.330 e. The first-order valence-corrected chi connectivity index (χ1v) is 12.0. The third kappa shape index (κ3) is 4.48. The van der Waals surface area contributed by atoms with Crippen molar-refractivity contribution in [3.05, 3.63) is 35.4 Å². The van der Waals surface area contributed by atoms with Crippen molar-refractivity contribution >= 4 is 33.5 Å². The third-order valence-electron chi connectivity index (χ3n) is 5.62. The van der Waals surface area contributed by atoms with Gasteiger partial charge in [-0.1, -0.05) is 26.0 Å². The first kappa shape index (κ1) is 22.9.